The second-order valence-electron chi connectivity index (χ2n) is 5.56. The molecule has 0 aliphatic carbocycles. The molecule has 2 N–H and O–H groups in total. The van der Waals surface area contributed by atoms with Crippen LogP contribution in [-0.4, -0.2) is 35.2 Å². The van der Waals surface area contributed by atoms with Gasteiger partial charge in [0.15, 0.2) is 5.13 Å². The van der Waals surface area contributed by atoms with Crippen molar-refractivity contribution < 1.29 is 14.4 Å². The Balaban J connectivity index is 1.57. The second-order valence-corrected chi connectivity index (χ2v) is 7.27. The third-order valence-electron chi connectivity index (χ3n) is 3.62. The Morgan fingerprint density at radius 1 is 1.26 bits per heavy atom. The van der Waals surface area contributed by atoms with Crippen molar-refractivity contribution in [1.29, 1.82) is 0 Å². The van der Waals surface area contributed by atoms with Gasteiger partial charge in [0.25, 0.3) is 5.91 Å². The first-order chi connectivity index (χ1) is 13.0. The summed E-state index contributed by atoms with van der Waals surface area (Å²) in [5, 5.41) is 7.66. The van der Waals surface area contributed by atoms with Crippen LogP contribution in [0.25, 0.3) is 0 Å². The normalized spacial score (nSPS) is 15.6. The van der Waals surface area contributed by atoms with Crippen LogP contribution in [0.5, 0.6) is 0 Å². The SMILES string of the molecule is CSc1ccccc1NC(=O)Cc1csc(NC(=O)C2C=CC(=O)N=C2)n1. The molecule has 1 aliphatic heterocycles. The van der Waals surface area contributed by atoms with E-state index in [1.807, 2.05) is 30.5 Å². The fourth-order valence-corrected chi connectivity index (χ4v) is 3.60. The van der Waals surface area contributed by atoms with Crippen LogP contribution in [0.15, 0.2) is 51.7 Å². The first-order valence-corrected chi connectivity index (χ1v) is 10.1. The number of aromatic nitrogens is 1. The standard InChI is InChI=1S/C18H16N4O3S2/c1-26-14-5-3-2-4-13(14)21-16(24)8-12-10-27-18(20-12)22-17(25)11-6-7-15(23)19-9-11/h2-7,9-11H,8H2,1H3,(H,21,24)(H,20,22,25). The van der Waals surface area contributed by atoms with Crippen LogP contribution < -0.4 is 10.6 Å². The Morgan fingerprint density at radius 2 is 2.07 bits per heavy atom. The molecule has 1 aromatic carbocycles. The highest BCUT2D eigenvalue weighted by Gasteiger charge is 2.18. The van der Waals surface area contributed by atoms with Crippen LogP contribution in [0.2, 0.25) is 0 Å². The molecular formula is C18H16N4O3S2. The summed E-state index contributed by atoms with van der Waals surface area (Å²) >= 11 is 2.79. The van der Waals surface area contributed by atoms with Crippen LogP contribution in [0, 0.1) is 5.92 Å². The van der Waals surface area contributed by atoms with E-state index in [2.05, 4.69) is 20.6 Å². The zero-order chi connectivity index (χ0) is 19.2. The molecule has 7 nitrogen and oxygen atoms in total. The number of dihydropyridines is 1. The lowest BCUT2D eigenvalue weighted by molar-refractivity contribution is -0.117. The predicted octanol–water partition coefficient (Wildman–Crippen LogP) is 2.77. The maximum atomic E-state index is 12.3. The lowest BCUT2D eigenvalue weighted by atomic mass is 10.1. The molecular weight excluding hydrogens is 384 g/mol. The van der Waals surface area contributed by atoms with Crippen molar-refractivity contribution in [3.05, 3.63) is 47.5 Å². The highest BCUT2D eigenvalue weighted by atomic mass is 32.2. The molecule has 2 aromatic rings. The Bertz CT molecular complexity index is 920. The first-order valence-electron chi connectivity index (χ1n) is 7.99. The van der Waals surface area contributed by atoms with E-state index in [0.717, 1.165) is 10.6 Å². The van der Waals surface area contributed by atoms with Gasteiger partial charge in [-0.2, -0.15) is 0 Å². The third-order valence-corrected chi connectivity index (χ3v) is 5.22. The quantitative estimate of drug-likeness (QED) is 0.726. The van der Waals surface area contributed by atoms with E-state index in [9.17, 15) is 14.4 Å². The van der Waals surface area contributed by atoms with E-state index in [0.29, 0.717) is 10.8 Å². The first kappa shape index (κ1) is 19.0. The Hall–Kier alpha value is -2.78. The number of thioether (sulfide) groups is 1. The van der Waals surface area contributed by atoms with E-state index in [1.165, 1.54) is 29.7 Å². The average molecular weight is 400 g/mol. The van der Waals surface area contributed by atoms with Crippen molar-refractivity contribution >= 4 is 57.9 Å². The van der Waals surface area contributed by atoms with Crippen LogP contribution in [-0.2, 0) is 20.8 Å². The van der Waals surface area contributed by atoms with Gasteiger partial charge in [0, 0.05) is 22.6 Å². The number of carbonyl (C=O) groups excluding carboxylic acids is 3. The zero-order valence-corrected chi connectivity index (χ0v) is 16.0. The molecule has 3 amide bonds. The van der Waals surface area contributed by atoms with Crippen molar-refractivity contribution in [3.8, 4) is 0 Å². The largest absolute Gasteiger partial charge is 0.325 e. The van der Waals surface area contributed by atoms with Gasteiger partial charge in [-0.15, -0.1) is 23.1 Å². The molecule has 1 aromatic heterocycles. The summed E-state index contributed by atoms with van der Waals surface area (Å²) < 4.78 is 0. The van der Waals surface area contributed by atoms with Gasteiger partial charge in [0.05, 0.1) is 23.7 Å². The molecule has 0 saturated carbocycles. The van der Waals surface area contributed by atoms with Crippen LogP contribution >= 0.6 is 23.1 Å². The smallest absolute Gasteiger partial charge is 0.269 e. The second kappa shape index (κ2) is 8.74. The van der Waals surface area contributed by atoms with Crippen molar-refractivity contribution in [2.45, 2.75) is 11.3 Å². The molecule has 3 rings (SSSR count). The van der Waals surface area contributed by atoms with Crippen molar-refractivity contribution in [3.63, 3.8) is 0 Å². The van der Waals surface area contributed by atoms with Crippen LogP contribution in [0.4, 0.5) is 10.8 Å². The van der Waals surface area contributed by atoms with E-state index >= 15 is 0 Å². The molecule has 0 bridgehead atoms. The Kier molecular flexibility index (Phi) is 6.15. The highest BCUT2D eigenvalue weighted by molar-refractivity contribution is 7.98. The summed E-state index contributed by atoms with van der Waals surface area (Å²) in [6.45, 7) is 0. The minimum Gasteiger partial charge on any atom is -0.325 e. The van der Waals surface area contributed by atoms with Crippen molar-refractivity contribution in [2.24, 2.45) is 10.9 Å². The molecule has 2 heterocycles. The van der Waals surface area contributed by atoms with E-state index in [-0.39, 0.29) is 24.1 Å². The molecule has 0 fully saturated rings. The summed E-state index contributed by atoms with van der Waals surface area (Å²) in [5.41, 5.74) is 1.33. The predicted molar refractivity (Wildman–Crippen MR) is 107 cm³/mol. The molecule has 9 heteroatoms. The van der Waals surface area contributed by atoms with Crippen LogP contribution in [0.1, 0.15) is 5.69 Å². The number of benzene rings is 1. The lowest BCUT2D eigenvalue weighted by Crippen LogP contribution is -2.24. The van der Waals surface area contributed by atoms with Crippen molar-refractivity contribution in [2.75, 3.05) is 16.9 Å². The number of amides is 3. The molecule has 0 radical (unpaired) electrons. The van der Waals surface area contributed by atoms with E-state index in [1.54, 1.807) is 17.1 Å². The number of thiazole rings is 1. The van der Waals surface area contributed by atoms with E-state index in [4.69, 9.17) is 0 Å². The van der Waals surface area contributed by atoms with Crippen LogP contribution in [0.3, 0.4) is 0 Å². The summed E-state index contributed by atoms with van der Waals surface area (Å²) in [7, 11) is 0. The molecule has 1 atom stereocenters. The Morgan fingerprint density at radius 3 is 2.81 bits per heavy atom. The third kappa shape index (κ3) is 5.11. The van der Waals surface area contributed by atoms with Gasteiger partial charge in [-0.3, -0.25) is 14.4 Å². The Labute approximate surface area is 164 Å². The topological polar surface area (TPSA) is 101 Å². The van der Waals surface area contributed by atoms with E-state index < -0.39 is 5.92 Å². The highest BCUT2D eigenvalue weighted by Crippen LogP contribution is 2.25. The monoisotopic (exact) mass is 400 g/mol. The number of aliphatic imine (C=N–C) groups is 1. The van der Waals surface area contributed by atoms with Gasteiger partial charge in [0.2, 0.25) is 11.8 Å². The summed E-state index contributed by atoms with van der Waals surface area (Å²) in [5.74, 6) is -1.51. The maximum absolute atomic E-state index is 12.3. The van der Waals surface area contributed by atoms with Gasteiger partial charge >= 0.3 is 0 Å². The molecule has 1 unspecified atom stereocenters. The fraction of sp³-hybridized carbons (Fsp3) is 0.167. The molecule has 138 valence electrons. The molecule has 0 spiro atoms. The lowest BCUT2D eigenvalue weighted by Gasteiger charge is -2.09. The number of rotatable bonds is 6. The summed E-state index contributed by atoms with van der Waals surface area (Å²) in [6, 6.07) is 7.56. The number of nitrogens with zero attached hydrogens (tertiary/aromatic N) is 2. The molecule has 27 heavy (non-hydrogen) atoms. The average Bonchev–Trinajstić information content (AvgIpc) is 3.09. The zero-order valence-electron chi connectivity index (χ0n) is 14.3. The number of carbonyl (C=O) groups is 3. The molecule has 1 aliphatic rings. The van der Waals surface area contributed by atoms with Gasteiger partial charge < -0.3 is 10.6 Å². The summed E-state index contributed by atoms with van der Waals surface area (Å²) in [6.07, 6.45) is 6.09. The van der Waals surface area contributed by atoms with Crippen molar-refractivity contribution in [1.82, 2.24) is 4.98 Å². The van der Waals surface area contributed by atoms with Gasteiger partial charge in [-0.05, 0) is 18.4 Å². The molecule has 0 saturated heterocycles. The fourth-order valence-electron chi connectivity index (χ4n) is 2.33. The number of anilines is 2. The number of para-hydroxylation sites is 1. The number of hydrogen-bond acceptors (Lipinski definition) is 6. The summed E-state index contributed by atoms with van der Waals surface area (Å²) in [4.78, 5) is 44.2. The van der Waals surface area contributed by atoms with Gasteiger partial charge in [-0.1, -0.05) is 18.2 Å². The van der Waals surface area contributed by atoms with Gasteiger partial charge in [0.1, 0.15) is 0 Å². The maximum Gasteiger partial charge on any atom is 0.269 e. The minimum absolute atomic E-state index is 0.106. The minimum atomic E-state index is -0.610. The number of nitrogens with one attached hydrogen (secondary N) is 2. The number of hydrogen-bond donors (Lipinski definition) is 2. The van der Waals surface area contributed by atoms with Gasteiger partial charge in [-0.25, -0.2) is 9.98 Å².